The van der Waals surface area contributed by atoms with Crippen LogP contribution in [0.1, 0.15) is 17.5 Å². The van der Waals surface area contributed by atoms with Crippen LogP contribution in [0.2, 0.25) is 0 Å². The average molecular weight is 386 g/mol. The SMILES string of the molecule is O=C(NCCCN(CCO)C(=O)OCc1ccccc1)OCc1ccccc1. The molecule has 0 saturated carbocycles. The van der Waals surface area contributed by atoms with E-state index in [-0.39, 0.29) is 26.4 Å². The van der Waals surface area contributed by atoms with Crippen molar-refractivity contribution in [3.63, 3.8) is 0 Å². The van der Waals surface area contributed by atoms with Gasteiger partial charge in [-0.2, -0.15) is 0 Å². The number of alkyl carbamates (subject to hydrolysis) is 1. The Morgan fingerprint density at radius 2 is 1.43 bits per heavy atom. The van der Waals surface area contributed by atoms with E-state index in [9.17, 15) is 9.59 Å². The molecule has 0 aromatic heterocycles. The standard InChI is InChI=1S/C21H26N2O5/c24-15-14-23(21(26)28-17-19-10-5-2-6-11-19)13-7-12-22-20(25)27-16-18-8-3-1-4-9-18/h1-6,8-11,24H,7,12-17H2,(H,22,25). The van der Waals surface area contributed by atoms with Crippen molar-refractivity contribution in [3.8, 4) is 0 Å². The lowest BCUT2D eigenvalue weighted by Gasteiger charge is -2.21. The molecule has 0 radical (unpaired) electrons. The molecule has 0 saturated heterocycles. The molecule has 0 bridgehead atoms. The maximum Gasteiger partial charge on any atom is 0.410 e. The lowest BCUT2D eigenvalue weighted by Crippen LogP contribution is -2.36. The van der Waals surface area contributed by atoms with Gasteiger partial charge in [0, 0.05) is 19.6 Å². The van der Waals surface area contributed by atoms with E-state index in [1.165, 1.54) is 4.90 Å². The number of aliphatic hydroxyl groups excluding tert-OH is 1. The molecule has 2 N–H and O–H groups in total. The molecule has 7 heteroatoms. The molecule has 0 aliphatic carbocycles. The Labute approximate surface area is 164 Å². The number of ether oxygens (including phenoxy) is 2. The van der Waals surface area contributed by atoms with Gasteiger partial charge in [-0.15, -0.1) is 0 Å². The molecule has 0 fully saturated rings. The zero-order chi connectivity index (χ0) is 20.0. The summed E-state index contributed by atoms with van der Waals surface area (Å²) in [6.07, 6.45) is -0.491. The van der Waals surface area contributed by atoms with Crippen molar-refractivity contribution in [3.05, 3.63) is 71.8 Å². The summed E-state index contributed by atoms with van der Waals surface area (Å²) < 4.78 is 10.4. The molecule has 0 spiro atoms. The highest BCUT2D eigenvalue weighted by atomic mass is 16.6. The van der Waals surface area contributed by atoms with E-state index < -0.39 is 12.2 Å². The molecular weight excluding hydrogens is 360 g/mol. The first kappa shape index (κ1) is 21.2. The minimum Gasteiger partial charge on any atom is -0.445 e. The number of carbonyl (C=O) groups is 2. The van der Waals surface area contributed by atoms with Crippen LogP contribution in [0.5, 0.6) is 0 Å². The monoisotopic (exact) mass is 386 g/mol. The zero-order valence-electron chi connectivity index (χ0n) is 15.8. The van der Waals surface area contributed by atoms with Crippen LogP contribution in [0.3, 0.4) is 0 Å². The van der Waals surface area contributed by atoms with Crippen molar-refractivity contribution >= 4 is 12.2 Å². The summed E-state index contributed by atoms with van der Waals surface area (Å²) in [5, 5.41) is 11.8. The topological polar surface area (TPSA) is 88.1 Å². The molecule has 0 aliphatic heterocycles. The summed E-state index contributed by atoms with van der Waals surface area (Å²) in [6, 6.07) is 18.8. The van der Waals surface area contributed by atoms with E-state index in [4.69, 9.17) is 14.6 Å². The first-order chi connectivity index (χ1) is 13.7. The van der Waals surface area contributed by atoms with Gasteiger partial charge in [0.1, 0.15) is 13.2 Å². The number of hydrogen-bond acceptors (Lipinski definition) is 5. The first-order valence-corrected chi connectivity index (χ1v) is 9.20. The second-order valence-corrected chi connectivity index (χ2v) is 6.09. The summed E-state index contributed by atoms with van der Waals surface area (Å²) in [5.41, 5.74) is 1.80. The minimum absolute atomic E-state index is 0.160. The van der Waals surface area contributed by atoms with Crippen LogP contribution in [0.15, 0.2) is 60.7 Å². The van der Waals surface area contributed by atoms with Crippen molar-refractivity contribution in [2.75, 3.05) is 26.2 Å². The third-order valence-electron chi connectivity index (χ3n) is 3.92. The summed E-state index contributed by atoms with van der Waals surface area (Å²) in [7, 11) is 0. The lowest BCUT2D eigenvalue weighted by molar-refractivity contribution is 0.0880. The van der Waals surface area contributed by atoms with E-state index >= 15 is 0 Å². The van der Waals surface area contributed by atoms with Crippen molar-refractivity contribution in [1.82, 2.24) is 10.2 Å². The molecule has 0 aliphatic rings. The first-order valence-electron chi connectivity index (χ1n) is 9.20. The zero-order valence-corrected chi connectivity index (χ0v) is 15.8. The van der Waals surface area contributed by atoms with E-state index in [0.717, 1.165) is 11.1 Å². The summed E-state index contributed by atoms with van der Waals surface area (Å²) in [5.74, 6) is 0. The van der Waals surface area contributed by atoms with Crippen molar-refractivity contribution in [1.29, 1.82) is 0 Å². The molecule has 0 unspecified atom stereocenters. The van der Waals surface area contributed by atoms with Crippen LogP contribution >= 0.6 is 0 Å². The van der Waals surface area contributed by atoms with Gasteiger partial charge in [-0.25, -0.2) is 9.59 Å². The third kappa shape index (κ3) is 8.09. The number of rotatable bonds is 10. The minimum atomic E-state index is -0.510. The predicted octanol–water partition coefficient (Wildman–Crippen LogP) is 2.93. The summed E-state index contributed by atoms with van der Waals surface area (Å²) in [4.78, 5) is 25.3. The second-order valence-electron chi connectivity index (χ2n) is 6.09. The van der Waals surface area contributed by atoms with Crippen molar-refractivity contribution in [2.24, 2.45) is 0 Å². The molecule has 0 heterocycles. The van der Waals surface area contributed by atoms with Gasteiger partial charge in [-0.05, 0) is 17.5 Å². The van der Waals surface area contributed by atoms with Crippen LogP contribution in [-0.2, 0) is 22.7 Å². The molecule has 2 amide bonds. The van der Waals surface area contributed by atoms with Gasteiger partial charge in [-0.1, -0.05) is 60.7 Å². The molecule has 7 nitrogen and oxygen atoms in total. The van der Waals surface area contributed by atoms with Crippen LogP contribution in [0.25, 0.3) is 0 Å². The van der Waals surface area contributed by atoms with Gasteiger partial charge in [0.2, 0.25) is 0 Å². The third-order valence-corrected chi connectivity index (χ3v) is 3.92. The number of aliphatic hydroxyl groups is 1. The number of benzene rings is 2. The highest BCUT2D eigenvalue weighted by Crippen LogP contribution is 2.04. The van der Waals surface area contributed by atoms with Crippen molar-refractivity contribution < 1.29 is 24.2 Å². The smallest absolute Gasteiger partial charge is 0.410 e. The average Bonchev–Trinajstić information content (AvgIpc) is 2.74. The Balaban J connectivity index is 1.64. The molecule has 2 rings (SSSR count). The lowest BCUT2D eigenvalue weighted by atomic mass is 10.2. The van der Waals surface area contributed by atoms with E-state index in [0.29, 0.717) is 19.5 Å². The van der Waals surface area contributed by atoms with Gasteiger partial charge < -0.3 is 24.8 Å². The van der Waals surface area contributed by atoms with Crippen LogP contribution in [0, 0.1) is 0 Å². The normalized spacial score (nSPS) is 10.2. The van der Waals surface area contributed by atoms with Gasteiger partial charge in [-0.3, -0.25) is 0 Å². The van der Waals surface area contributed by atoms with Gasteiger partial charge in [0.05, 0.1) is 6.61 Å². The summed E-state index contributed by atoms with van der Waals surface area (Å²) in [6.45, 7) is 1.09. The fraction of sp³-hybridized carbons (Fsp3) is 0.333. The van der Waals surface area contributed by atoms with E-state index in [2.05, 4.69) is 5.32 Å². The van der Waals surface area contributed by atoms with Gasteiger partial charge >= 0.3 is 12.2 Å². The Morgan fingerprint density at radius 1 is 0.857 bits per heavy atom. The number of nitrogens with zero attached hydrogens (tertiary/aromatic N) is 1. The Hall–Kier alpha value is -3.06. The predicted molar refractivity (Wildman–Crippen MR) is 105 cm³/mol. The molecule has 2 aromatic rings. The molecule has 150 valence electrons. The van der Waals surface area contributed by atoms with Crippen LogP contribution in [-0.4, -0.2) is 48.4 Å². The molecule has 0 atom stereocenters. The van der Waals surface area contributed by atoms with E-state index in [1.54, 1.807) is 0 Å². The van der Waals surface area contributed by atoms with Crippen LogP contribution in [0.4, 0.5) is 9.59 Å². The number of hydrogen-bond donors (Lipinski definition) is 2. The maximum atomic E-state index is 12.2. The summed E-state index contributed by atoms with van der Waals surface area (Å²) >= 11 is 0. The number of nitrogens with one attached hydrogen (secondary N) is 1. The highest BCUT2D eigenvalue weighted by Gasteiger charge is 2.14. The second kappa shape index (κ2) is 12.3. The molecule has 28 heavy (non-hydrogen) atoms. The van der Waals surface area contributed by atoms with Gasteiger partial charge in [0.15, 0.2) is 0 Å². The van der Waals surface area contributed by atoms with Crippen molar-refractivity contribution in [2.45, 2.75) is 19.6 Å². The fourth-order valence-corrected chi connectivity index (χ4v) is 2.46. The van der Waals surface area contributed by atoms with Crippen LogP contribution < -0.4 is 5.32 Å². The Kier molecular flexibility index (Phi) is 9.37. The quantitative estimate of drug-likeness (QED) is 0.613. The number of amides is 2. The number of carbonyl (C=O) groups excluding carboxylic acids is 2. The van der Waals surface area contributed by atoms with Gasteiger partial charge in [0.25, 0.3) is 0 Å². The molecular formula is C21H26N2O5. The largest absolute Gasteiger partial charge is 0.445 e. The highest BCUT2D eigenvalue weighted by molar-refractivity contribution is 5.68. The Bertz CT molecular complexity index is 709. The fourth-order valence-electron chi connectivity index (χ4n) is 2.46. The Morgan fingerprint density at radius 3 is 2.00 bits per heavy atom. The van der Waals surface area contributed by atoms with E-state index in [1.807, 2.05) is 60.7 Å². The molecule has 2 aromatic carbocycles. The maximum absolute atomic E-state index is 12.2.